The Kier molecular flexibility index (Phi) is 5.27. The van der Waals surface area contributed by atoms with E-state index in [9.17, 15) is 0 Å². The van der Waals surface area contributed by atoms with E-state index in [0.29, 0.717) is 5.41 Å². The molecule has 3 heteroatoms. The molecule has 0 aromatic heterocycles. The highest BCUT2D eigenvalue weighted by Crippen LogP contribution is 2.40. The van der Waals surface area contributed by atoms with Crippen LogP contribution in [0, 0.1) is 11.3 Å². The number of nitrogens with zero attached hydrogens (tertiary/aromatic N) is 3. The Bertz CT molecular complexity index is 365. The summed E-state index contributed by atoms with van der Waals surface area (Å²) in [6, 6.07) is 0. The fourth-order valence-corrected chi connectivity index (χ4v) is 5.45. The third-order valence-corrected chi connectivity index (χ3v) is 7.33. The summed E-state index contributed by atoms with van der Waals surface area (Å²) < 4.78 is 0. The maximum Gasteiger partial charge on any atom is 0.0109 e. The van der Waals surface area contributed by atoms with Crippen LogP contribution in [0.4, 0.5) is 0 Å². The smallest absolute Gasteiger partial charge is 0.0109 e. The molecule has 1 spiro atoms. The van der Waals surface area contributed by atoms with Crippen molar-refractivity contribution in [2.24, 2.45) is 11.3 Å². The minimum absolute atomic E-state index is 0.687. The van der Waals surface area contributed by atoms with Gasteiger partial charge in [-0.3, -0.25) is 0 Å². The third kappa shape index (κ3) is 4.11. The van der Waals surface area contributed by atoms with Crippen molar-refractivity contribution in [1.82, 2.24) is 14.7 Å². The summed E-state index contributed by atoms with van der Waals surface area (Å²) in [6.45, 7) is 12.3. The predicted molar refractivity (Wildman–Crippen MR) is 96.8 cm³/mol. The van der Waals surface area contributed by atoms with Crippen molar-refractivity contribution in [1.29, 1.82) is 0 Å². The summed E-state index contributed by atoms with van der Waals surface area (Å²) >= 11 is 0. The highest BCUT2D eigenvalue weighted by Gasteiger charge is 2.38. The van der Waals surface area contributed by atoms with Crippen LogP contribution in [0.2, 0.25) is 0 Å². The Balaban J connectivity index is 1.21. The molecule has 0 unspecified atom stereocenters. The molecule has 0 N–H and O–H groups in total. The number of hydrogen-bond donors (Lipinski definition) is 0. The van der Waals surface area contributed by atoms with Gasteiger partial charge in [0.15, 0.2) is 0 Å². The Morgan fingerprint density at radius 2 is 1.30 bits per heavy atom. The number of hydrogen-bond acceptors (Lipinski definition) is 3. The van der Waals surface area contributed by atoms with Gasteiger partial charge in [0.2, 0.25) is 0 Å². The first kappa shape index (κ1) is 16.4. The molecule has 3 heterocycles. The fourth-order valence-electron chi connectivity index (χ4n) is 5.45. The van der Waals surface area contributed by atoms with E-state index < -0.39 is 0 Å². The number of likely N-dealkylation sites (tertiary alicyclic amines) is 3. The summed E-state index contributed by atoms with van der Waals surface area (Å²) in [7, 11) is 0. The summed E-state index contributed by atoms with van der Waals surface area (Å²) in [4.78, 5) is 8.27. The van der Waals surface area contributed by atoms with E-state index in [1.165, 1.54) is 117 Å². The predicted octanol–water partition coefficient (Wildman–Crippen LogP) is 3.06. The Hall–Kier alpha value is -0.120. The molecular weight excluding hydrogens is 282 g/mol. The average Bonchev–Trinajstić information content (AvgIpc) is 3.04. The van der Waals surface area contributed by atoms with Gasteiger partial charge in [0.25, 0.3) is 0 Å². The molecule has 0 radical (unpaired) electrons. The van der Waals surface area contributed by atoms with Crippen LogP contribution in [-0.4, -0.2) is 73.6 Å². The van der Waals surface area contributed by atoms with Gasteiger partial charge >= 0.3 is 0 Å². The molecule has 0 atom stereocenters. The lowest BCUT2D eigenvalue weighted by atomic mass is 9.72. The van der Waals surface area contributed by atoms with E-state index in [0.717, 1.165) is 5.92 Å². The first-order chi connectivity index (χ1) is 11.3. The molecule has 3 saturated heterocycles. The summed E-state index contributed by atoms with van der Waals surface area (Å²) in [5.41, 5.74) is 0.687. The quantitative estimate of drug-likeness (QED) is 0.771. The zero-order valence-electron chi connectivity index (χ0n) is 15.1. The molecule has 1 aliphatic carbocycles. The van der Waals surface area contributed by atoms with E-state index in [4.69, 9.17) is 0 Å². The van der Waals surface area contributed by atoms with Crippen molar-refractivity contribution in [2.45, 2.75) is 57.8 Å². The van der Waals surface area contributed by atoms with Crippen LogP contribution in [0.25, 0.3) is 0 Å². The van der Waals surface area contributed by atoms with Gasteiger partial charge in [0.05, 0.1) is 0 Å². The van der Waals surface area contributed by atoms with Crippen molar-refractivity contribution in [2.75, 3.05) is 58.9 Å². The molecule has 0 aromatic rings. The van der Waals surface area contributed by atoms with Crippen molar-refractivity contribution in [3.8, 4) is 0 Å². The van der Waals surface area contributed by atoms with Gasteiger partial charge in [-0.2, -0.15) is 0 Å². The normalized spacial score (nSPS) is 30.8. The van der Waals surface area contributed by atoms with Crippen LogP contribution in [0.1, 0.15) is 57.8 Å². The number of piperidine rings is 2. The molecule has 23 heavy (non-hydrogen) atoms. The molecule has 132 valence electrons. The lowest BCUT2D eigenvalue weighted by Gasteiger charge is -2.49. The SMILES string of the molecule is C1CC(CN2CCCC3(CCN(CCN4CCCC4)CC3)C2)C1. The van der Waals surface area contributed by atoms with Gasteiger partial charge in [-0.05, 0) is 95.4 Å². The fraction of sp³-hybridized carbons (Fsp3) is 1.00. The largest absolute Gasteiger partial charge is 0.303 e. The van der Waals surface area contributed by atoms with Crippen LogP contribution in [0.3, 0.4) is 0 Å². The standard InChI is InChI=1S/C20H37N3/c1-2-11-21(10-1)15-16-22-13-8-20(9-14-22)7-4-12-23(18-20)17-19-5-3-6-19/h19H,1-18H2. The van der Waals surface area contributed by atoms with Gasteiger partial charge < -0.3 is 14.7 Å². The monoisotopic (exact) mass is 319 g/mol. The summed E-state index contributed by atoms with van der Waals surface area (Å²) in [5.74, 6) is 1.05. The molecule has 4 aliphatic rings. The topological polar surface area (TPSA) is 9.72 Å². The van der Waals surface area contributed by atoms with Gasteiger partial charge in [-0.1, -0.05) is 6.42 Å². The average molecular weight is 320 g/mol. The van der Waals surface area contributed by atoms with Gasteiger partial charge in [-0.25, -0.2) is 0 Å². The second-order valence-electron chi connectivity index (χ2n) is 9.03. The Labute approximate surface area is 143 Å². The van der Waals surface area contributed by atoms with Gasteiger partial charge in [-0.15, -0.1) is 0 Å². The first-order valence-electron chi connectivity index (χ1n) is 10.5. The highest BCUT2D eigenvalue weighted by molar-refractivity contribution is 4.92. The molecule has 3 nitrogen and oxygen atoms in total. The van der Waals surface area contributed by atoms with E-state index in [2.05, 4.69) is 14.7 Å². The van der Waals surface area contributed by atoms with Crippen molar-refractivity contribution in [3.05, 3.63) is 0 Å². The summed E-state index contributed by atoms with van der Waals surface area (Å²) in [5, 5.41) is 0. The zero-order valence-corrected chi connectivity index (χ0v) is 15.1. The molecule has 4 fully saturated rings. The van der Waals surface area contributed by atoms with Crippen LogP contribution >= 0.6 is 0 Å². The van der Waals surface area contributed by atoms with Crippen LogP contribution in [0.5, 0.6) is 0 Å². The van der Waals surface area contributed by atoms with Crippen molar-refractivity contribution in [3.63, 3.8) is 0 Å². The van der Waals surface area contributed by atoms with Crippen LogP contribution in [-0.2, 0) is 0 Å². The molecule has 0 amide bonds. The molecule has 4 rings (SSSR count). The maximum absolute atomic E-state index is 2.84. The summed E-state index contributed by atoms with van der Waals surface area (Å²) in [6.07, 6.45) is 13.3. The van der Waals surface area contributed by atoms with Crippen LogP contribution < -0.4 is 0 Å². The highest BCUT2D eigenvalue weighted by atomic mass is 15.2. The molecular formula is C20H37N3. The third-order valence-electron chi connectivity index (χ3n) is 7.33. The number of rotatable bonds is 5. The Morgan fingerprint density at radius 1 is 0.652 bits per heavy atom. The Morgan fingerprint density at radius 3 is 1.96 bits per heavy atom. The molecule has 0 aromatic carbocycles. The molecule has 3 aliphatic heterocycles. The van der Waals surface area contributed by atoms with Gasteiger partial charge in [0, 0.05) is 26.2 Å². The van der Waals surface area contributed by atoms with Crippen molar-refractivity contribution >= 4 is 0 Å². The van der Waals surface area contributed by atoms with E-state index in [-0.39, 0.29) is 0 Å². The zero-order chi connectivity index (χ0) is 15.5. The minimum Gasteiger partial charge on any atom is -0.303 e. The second-order valence-corrected chi connectivity index (χ2v) is 9.03. The van der Waals surface area contributed by atoms with Crippen LogP contribution in [0.15, 0.2) is 0 Å². The second kappa shape index (κ2) is 7.41. The lowest BCUT2D eigenvalue weighted by Crippen LogP contribution is -2.51. The first-order valence-corrected chi connectivity index (χ1v) is 10.5. The van der Waals surface area contributed by atoms with Gasteiger partial charge in [0.1, 0.15) is 0 Å². The lowest BCUT2D eigenvalue weighted by molar-refractivity contribution is 0.0111. The maximum atomic E-state index is 2.84. The van der Waals surface area contributed by atoms with E-state index in [1.54, 1.807) is 0 Å². The molecule has 0 bridgehead atoms. The van der Waals surface area contributed by atoms with E-state index in [1.807, 2.05) is 0 Å². The molecule has 1 saturated carbocycles. The van der Waals surface area contributed by atoms with Crippen molar-refractivity contribution < 1.29 is 0 Å². The minimum atomic E-state index is 0.687. The van der Waals surface area contributed by atoms with E-state index >= 15 is 0 Å².